The third-order valence-corrected chi connectivity index (χ3v) is 6.55. The van der Waals surface area contributed by atoms with Gasteiger partial charge in [-0.1, -0.05) is 61.8 Å². The van der Waals surface area contributed by atoms with Crippen LogP contribution >= 0.6 is 11.6 Å². The Bertz CT molecular complexity index is 1730. The van der Waals surface area contributed by atoms with E-state index in [1.807, 2.05) is 24.3 Å². The normalized spacial score (nSPS) is 11.5. The van der Waals surface area contributed by atoms with Crippen LogP contribution < -0.4 is 4.74 Å². The summed E-state index contributed by atoms with van der Waals surface area (Å²) in [5, 5.41) is 40.8. The van der Waals surface area contributed by atoms with Crippen molar-refractivity contribution in [3.63, 3.8) is 0 Å². The molecule has 8 nitrogen and oxygen atoms in total. The fourth-order valence-electron chi connectivity index (χ4n) is 4.38. The van der Waals surface area contributed by atoms with Crippen LogP contribution in [0.15, 0.2) is 95.2 Å². The lowest BCUT2D eigenvalue weighted by molar-refractivity contribution is 0.144. The minimum absolute atomic E-state index is 0.113. The topological polar surface area (TPSA) is 117 Å². The number of halogens is 1. The number of azo groups is 1. The van der Waals surface area contributed by atoms with Gasteiger partial charge in [0.2, 0.25) is 5.88 Å². The van der Waals surface area contributed by atoms with Crippen molar-refractivity contribution in [3.05, 3.63) is 95.5 Å². The number of para-hydroxylation sites is 1. The van der Waals surface area contributed by atoms with Crippen molar-refractivity contribution in [2.45, 2.75) is 19.8 Å². The minimum atomic E-state index is -1.44. The average Bonchev–Trinajstić information content (AvgIpc) is 3.18. The molecule has 0 aliphatic rings. The number of fused-ring (bicyclic) bond motifs is 1. The molecule has 0 saturated carbocycles. The minimum Gasteiger partial charge on any atom is -0.505 e. The fraction of sp³-hybridized carbons (Fsp3) is 0.100. The van der Waals surface area contributed by atoms with Gasteiger partial charge in [0.05, 0.1) is 5.52 Å². The summed E-state index contributed by atoms with van der Waals surface area (Å²) in [7, 11) is 0. The lowest BCUT2D eigenvalue weighted by Gasteiger charge is -2.10. The summed E-state index contributed by atoms with van der Waals surface area (Å²) in [4.78, 5) is 10.9. The Morgan fingerprint density at radius 2 is 1.67 bits per heavy atom. The highest BCUT2D eigenvalue weighted by atomic mass is 35.5. The molecule has 0 atom stereocenters. The van der Waals surface area contributed by atoms with Crippen molar-refractivity contribution >= 4 is 40.0 Å². The molecule has 0 bridgehead atoms. The van der Waals surface area contributed by atoms with Crippen LogP contribution in [0.4, 0.5) is 16.2 Å². The molecular formula is C30H24ClN3O5. The molecule has 9 heteroatoms. The number of rotatable bonds is 6. The molecule has 3 N–H and O–H groups in total. The number of carboxylic acid groups (broad SMARTS) is 1. The largest absolute Gasteiger partial charge is 0.511 e. The smallest absolute Gasteiger partial charge is 0.505 e. The maximum atomic E-state index is 11.3. The molecule has 1 aromatic heterocycles. The van der Waals surface area contributed by atoms with Crippen molar-refractivity contribution in [3.8, 4) is 34.2 Å². The van der Waals surface area contributed by atoms with Crippen LogP contribution in [0.3, 0.4) is 0 Å². The van der Waals surface area contributed by atoms with Gasteiger partial charge in [-0.3, -0.25) is 4.57 Å². The van der Waals surface area contributed by atoms with Gasteiger partial charge in [0.25, 0.3) is 0 Å². The number of benzene rings is 4. The van der Waals surface area contributed by atoms with E-state index in [0.717, 1.165) is 5.69 Å². The summed E-state index contributed by atoms with van der Waals surface area (Å²) < 4.78 is 6.40. The lowest BCUT2D eigenvalue weighted by atomic mass is 10.0. The number of hydrogen-bond donors (Lipinski definition) is 3. The monoisotopic (exact) mass is 541 g/mol. The van der Waals surface area contributed by atoms with Crippen LogP contribution in [0.2, 0.25) is 5.02 Å². The Morgan fingerprint density at radius 1 is 0.923 bits per heavy atom. The molecule has 0 amide bonds. The zero-order valence-electron chi connectivity index (χ0n) is 21.0. The number of phenolic OH excluding ortho intramolecular Hbond substituents is 1. The maximum absolute atomic E-state index is 11.3. The molecule has 0 radical (unpaired) electrons. The molecule has 0 aliphatic heterocycles. The van der Waals surface area contributed by atoms with Crippen LogP contribution in [0.5, 0.6) is 17.4 Å². The van der Waals surface area contributed by atoms with E-state index in [0.29, 0.717) is 33.0 Å². The molecule has 39 heavy (non-hydrogen) atoms. The van der Waals surface area contributed by atoms with E-state index in [4.69, 9.17) is 21.4 Å². The Morgan fingerprint density at radius 3 is 2.38 bits per heavy atom. The van der Waals surface area contributed by atoms with Gasteiger partial charge >= 0.3 is 6.16 Å². The zero-order chi connectivity index (χ0) is 27.7. The van der Waals surface area contributed by atoms with Crippen LogP contribution in [0.25, 0.3) is 27.7 Å². The summed E-state index contributed by atoms with van der Waals surface area (Å²) in [6, 6.07) is 24.4. The molecule has 0 spiro atoms. The standard InChI is InChI=1S/C30H24ClN3O5/c1-17(2)18-9-12-21(13-10-18)34-26-14-11-20(31)16-24(26)27(29(34)36)33-32-25-8-4-7-23(28(25)35)19-5-3-6-22(15-19)39-30(37)38/h3-17,35-36H,1-2H3,(H,37,38). The maximum Gasteiger partial charge on any atom is 0.511 e. The van der Waals surface area contributed by atoms with E-state index < -0.39 is 6.16 Å². The second kappa shape index (κ2) is 10.5. The molecule has 196 valence electrons. The van der Waals surface area contributed by atoms with Crippen LogP contribution in [-0.2, 0) is 0 Å². The summed E-state index contributed by atoms with van der Waals surface area (Å²) in [6.45, 7) is 4.23. The number of hydrogen-bond acceptors (Lipinski definition) is 6. The predicted octanol–water partition coefficient (Wildman–Crippen LogP) is 8.96. The average molecular weight is 542 g/mol. The molecule has 5 aromatic rings. The van der Waals surface area contributed by atoms with Gasteiger partial charge in [0, 0.05) is 21.7 Å². The number of aromatic hydroxyl groups is 2. The third-order valence-electron chi connectivity index (χ3n) is 6.32. The Hall–Kier alpha value is -4.82. The molecule has 0 unspecified atom stereocenters. The van der Waals surface area contributed by atoms with Crippen molar-refractivity contribution < 1.29 is 24.9 Å². The highest BCUT2D eigenvalue weighted by Crippen LogP contribution is 2.44. The van der Waals surface area contributed by atoms with E-state index in [1.54, 1.807) is 53.1 Å². The van der Waals surface area contributed by atoms with E-state index in [1.165, 1.54) is 17.7 Å². The van der Waals surface area contributed by atoms with Crippen molar-refractivity contribution in [1.82, 2.24) is 4.57 Å². The van der Waals surface area contributed by atoms with Gasteiger partial charge < -0.3 is 20.1 Å². The number of nitrogens with zero attached hydrogens (tertiary/aromatic N) is 3. The van der Waals surface area contributed by atoms with Crippen molar-refractivity contribution in [2.75, 3.05) is 0 Å². The first kappa shape index (κ1) is 25.8. The van der Waals surface area contributed by atoms with Crippen LogP contribution in [-0.4, -0.2) is 26.0 Å². The summed E-state index contributed by atoms with van der Waals surface area (Å²) in [6.07, 6.45) is -1.44. The SMILES string of the molecule is CC(C)c1ccc(-n2c(O)c(N=Nc3cccc(-c4cccc(OC(=O)O)c4)c3O)c3cc(Cl)ccc32)cc1. The van der Waals surface area contributed by atoms with Crippen LogP contribution in [0, 0.1) is 0 Å². The van der Waals surface area contributed by atoms with Gasteiger partial charge in [0.1, 0.15) is 11.4 Å². The summed E-state index contributed by atoms with van der Waals surface area (Å²) in [5.74, 6) is 0.192. The third kappa shape index (κ3) is 5.15. The van der Waals surface area contributed by atoms with Gasteiger partial charge in [0.15, 0.2) is 11.4 Å². The van der Waals surface area contributed by atoms with Gasteiger partial charge in [-0.05, 0) is 65.6 Å². The summed E-state index contributed by atoms with van der Waals surface area (Å²) >= 11 is 6.28. The number of aromatic nitrogens is 1. The number of carbonyl (C=O) groups is 1. The number of phenols is 1. The quantitative estimate of drug-likeness (QED) is 0.113. The van der Waals surface area contributed by atoms with Gasteiger partial charge in [-0.25, -0.2) is 4.79 Å². The van der Waals surface area contributed by atoms with Crippen molar-refractivity contribution in [2.24, 2.45) is 10.2 Å². The van der Waals surface area contributed by atoms with Crippen molar-refractivity contribution in [1.29, 1.82) is 0 Å². The Balaban J connectivity index is 1.57. The highest BCUT2D eigenvalue weighted by molar-refractivity contribution is 6.31. The van der Waals surface area contributed by atoms with Gasteiger partial charge in [-0.2, -0.15) is 0 Å². The molecule has 0 aliphatic carbocycles. The summed E-state index contributed by atoms with van der Waals surface area (Å²) in [5.41, 5.74) is 3.90. The second-order valence-corrected chi connectivity index (χ2v) is 9.62. The van der Waals surface area contributed by atoms with Gasteiger partial charge in [-0.15, -0.1) is 10.2 Å². The number of ether oxygens (including phenoxy) is 1. The first-order chi connectivity index (χ1) is 18.7. The Kier molecular flexibility index (Phi) is 6.96. The predicted molar refractivity (Wildman–Crippen MR) is 150 cm³/mol. The molecule has 1 heterocycles. The molecular weight excluding hydrogens is 518 g/mol. The van der Waals surface area contributed by atoms with E-state index in [2.05, 4.69) is 24.1 Å². The molecule has 4 aromatic carbocycles. The molecule has 0 fully saturated rings. The zero-order valence-corrected chi connectivity index (χ0v) is 21.8. The molecule has 0 saturated heterocycles. The Labute approximate surface area is 229 Å². The van der Waals surface area contributed by atoms with Crippen LogP contribution in [0.1, 0.15) is 25.3 Å². The highest BCUT2D eigenvalue weighted by Gasteiger charge is 2.19. The molecule has 5 rings (SSSR count). The van der Waals surface area contributed by atoms with E-state index in [-0.39, 0.29) is 28.8 Å². The lowest BCUT2D eigenvalue weighted by Crippen LogP contribution is -2.02. The van der Waals surface area contributed by atoms with E-state index >= 15 is 0 Å². The van der Waals surface area contributed by atoms with E-state index in [9.17, 15) is 15.0 Å². The fourth-order valence-corrected chi connectivity index (χ4v) is 4.55. The first-order valence-corrected chi connectivity index (χ1v) is 12.5. The second-order valence-electron chi connectivity index (χ2n) is 9.18. The first-order valence-electron chi connectivity index (χ1n) is 12.1.